The minimum Gasteiger partial charge on any atom is -0.495 e. The summed E-state index contributed by atoms with van der Waals surface area (Å²) in [6.45, 7) is 3.26. The Labute approximate surface area is 157 Å². The second kappa shape index (κ2) is 8.07. The van der Waals surface area contributed by atoms with Gasteiger partial charge in [0.1, 0.15) is 11.6 Å². The summed E-state index contributed by atoms with van der Waals surface area (Å²) < 4.78 is 18.9. The standard InChI is InChI=1S/C20H22FN3O3/c1-14-7-8-15(13-16(14)21)19(25)23-9-11-24(12-10-23)20(26)22-17-5-3-4-6-18(17)27-2/h3-8,13H,9-12H2,1-2H3,(H,22,26). The molecular weight excluding hydrogens is 349 g/mol. The zero-order valence-electron chi connectivity index (χ0n) is 15.4. The van der Waals surface area contributed by atoms with Crippen LogP contribution in [0.5, 0.6) is 5.75 Å². The molecule has 3 amide bonds. The molecule has 1 aliphatic rings. The van der Waals surface area contributed by atoms with Crippen molar-refractivity contribution in [3.8, 4) is 5.75 Å². The van der Waals surface area contributed by atoms with Crippen LogP contribution in [0.25, 0.3) is 0 Å². The van der Waals surface area contributed by atoms with E-state index in [9.17, 15) is 14.0 Å². The second-order valence-corrected chi connectivity index (χ2v) is 6.37. The van der Waals surface area contributed by atoms with Crippen molar-refractivity contribution in [1.82, 2.24) is 9.80 Å². The second-order valence-electron chi connectivity index (χ2n) is 6.37. The normalized spacial score (nSPS) is 14.0. The van der Waals surface area contributed by atoms with Gasteiger partial charge in [-0.1, -0.05) is 18.2 Å². The molecule has 0 aliphatic carbocycles. The highest BCUT2D eigenvalue weighted by atomic mass is 19.1. The van der Waals surface area contributed by atoms with E-state index in [1.807, 2.05) is 12.1 Å². The molecule has 1 saturated heterocycles. The summed E-state index contributed by atoms with van der Waals surface area (Å²) in [6.07, 6.45) is 0. The molecule has 6 nitrogen and oxygen atoms in total. The first-order valence-corrected chi connectivity index (χ1v) is 8.74. The fraction of sp³-hybridized carbons (Fsp3) is 0.300. The van der Waals surface area contributed by atoms with Crippen LogP contribution in [0.4, 0.5) is 14.9 Å². The van der Waals surface area contributed by atoms with Gasteiger partial charge in [0, 0.05) is 31.7 Å². The summed E-state index contributed by atoms with van der Waals surface area (Å²) in [4.78, 5) is 28.3. The predicted molar refractivity (Wildman–Crippen MR) is 101 cm³/mol. The predicted octanol–water partition coefficient (Wildman–Crippen LogP) is 3.13. The Balaban J connectivity index is 1.58. The third kappa shape index (κ3) is 4.19. The molecular formula is C20H22FN3O3. The number of carbonyl (C=O) groups excluding carboxylic acids is 2. The molecule has 0 aromatic heterocycles. The number of benzene rings is 2. The monoisotopic (exact) mass is 371 g/mol. The molecule has 2 aromatic rings. The number of methoxy groups -OCH3 is 1. The molecule has 7 heteroatoms. The average Bonchev–Trinajstić information content (AvgIpc) is 2.70. The molecule has 0 unspecified atom stereocenters. The number of aryl methyl sites for hydroxylation is 1. The van der Waals surface area contributed by atoms with Crippen molar-refractivity contribution in [3.05, 3.63) is 59.4 Å². The molecule has 0 atom stereocenters. The molecule has 1 N–H and O–H groups in total. The van der Waals surface area contributed by atoms with E-state index in [2.05, 4.69) is 5.32 Å². The zero-order valence-corrected chi connectivity index (χ0v) is 15.4. The van der Waals surface area contributed by atoms with Crippen molar-refractivity contribution < 1.29 is 18.7 Å². The maximum Gasteiger partial charge on any atom is 0.322 e. The van der Waals surface area contributed by atoms with Gasteiger partial charge in [0.15, 0.2) is 0 Å². The van der Waals surface area contributed by atoms with Crippen molar-refractivity contribution in [2.24, 2.45) is 0 Å². The number of nitrogens with one attached hydrogen (secondary N) is 1. The molecule has 3 rings (SSSR count). The van der Waals surface area contributed by atoms with Gasteiger partial charge in [-0.15, -0.1) is 0 Å². The average molecular weight is 371 g/mol. The number of ether oxygens (including phenoxy) is 1. The zero-order chi connectivity index (χ0) is 19.4. The highest BCUT2D eigenvalue weighted by Gasteiger charge is 2.25. The summed E-state index contributed by atoms with van der Waals surface area (Å²) >= 11 is 0. The molecule has 0 spiro atoms. The van der Waals surface area contributed by atoms with Crippen LogP contribution in [-0.4, -0.2) is 55.0 Å². The first-order valence-electron chi connectivity index (χ1n) is 8.74. The third-order valence-corrected chi connectivity index (χ3v) is 4.62. The van der Waals surface area contributed by atoms with Crippen molar-refractivity contribution in [2.45, 2.75) is 6.92 Å². The van der Waals surface area contributed by atoms with Gasteiger partial charge in [-0.2, -0.15) is 0 Å². The SMILES string of the molecule is COc1ccccc1NC(=O)N1CCN(C(=O)c2ccc(C)c(F)c2)CC1. The lowest BCUT2D eigenvalue weighted by atomic mass is 10.1. The maximum absolute atomic E-state index is 13.7. The molecule has 0 bridgehead atoms. The van der Waals surface area contributed by atoms with Gasteiger partial charge >= 0.3 is 6.03 Å². The molecule has 2 aromatic carbocycles. The minimum atomic E-state index is -0.393. The van der Waals surface area contributed by atoms with E-state index in [0.717, 1.165) is 0 Å². The Hall–Kier alpha value is -3.09. The summed E-state index contributed by atoms with van der Waals surface area (Å²) in [6, 6.07) is 11.4. The van der Waals surface area contributed by atoms with Crippen LogP contribution in [-0.2, 0) is 0 Å². The minimum absolute atomic E-state index is 0.223. The van der Waals surface area contributed by atoms with Crippen LogP contribution in [0.2, 0.25) is 0 Å². The van der Waals surface area contributed by atoms with Crippen LogP contribution >= 0.6 is 0 Å². The number of rotatable bonds is 3. The molecule has 0 saturated carbocycles. The number of nitrogens with zero attached hydrogens (tertiary/aromatic N) is 2. The lowest BCUT2D eigenvalue weighted by Gasteiger charge is -2.34. The first-order chi connectivity index (χ1) is 13.0. The van der Waals surface area contributed by atoms with E-state index in [0.29, 0.717) is 48.7 Å². The quantitative estimate of drug-likeness (QED) is 0.902. The number of urea groups is 1. The number of carbonyl (C=O) groups is 2. The number of hydrogen-bond donors (Lipinski definition) is 1. The van der Waals surface area contributed by atoms with Gasteiger partial charge in [0.2, 0.25) is 0 Å². The van der Waals surface area contributed by atoms with Crippen molar-refractivity contribution >= 4 is 17.6 Å². The van der Waals surface area contributed by atoms with Gasteiger partial charge in [-0.3, -0.25) is 4.79 Å². The van der Waals surface area contributed by atoms with Crippen LogP contribution in [0.15, 0.2) is 42.5 Å². The van der Waals surface area contributed by atoms with Crippen molar-refractivity contribution in [1.29, 1.82) is 0 Å². The van der Waals surface area contributed by atoms with E-state index in [1.165, 1.54) is 6.07 Å². The molecule has 0 radical (unpaired) electrons. The highest BCUT2D eigenvalue weighted by molar-refractivity contribution is 5.95. The van der Waals surface area contributed by atoms with Crippen molar-refractivity contribution in [3.63, 3.8) is 0 Å². The van der Waals surface area contributed by atoms with E-state index in [-0.39, 0.29) is 11.9 Å². The number of halogens is 1. The number of hydrogen-bond acceptors (Lipinski definition) is 3. The Morgan fingerprint density at radius 3 is 2.37 bits per heavy atom. The molecule has 142 valence electrons. The Morgan fingerprint density at radius 2 is 1.70 bits per heavy atom. The first kappa shape index (κ1) is 18.7. The van der Waals surface area contributed by atoms with Gasteiger partial charge in [-0.25, -0.2) is 9.18 Å². The summed E-state index contributed by atoms with van der Waals surface area (Å²) in [7, 11) is 1.54. The summed E-state index contributed by atoms with van der Waals surface area (Å²) in [5.41, 5.74) is 1.42. The number of amides is 3. The highest BCUT2D eigenvalue weighted by Crippen LogP contribution is 2.23. The fourth-order valence-electron chi connectivity index (χ4n) is 2.96. The van der Waals surface area contributed by atoms with Gasteiger partial charge in [0.05, 0.1) is 12.8 Å². The topological polar surface area (TPSA) is 61.9 Å². The van der Waals surface area contributed by atoms with E-state index >= 15 is 0 Å². The summed E-state index contributed by atoms with van der Waals surface area (Å²) in [5, 5.41) is 2.83. The molecule has 1 heterocycles. The number of para-hydroxylation sites is 2. The molecule has 1 aliphatic heterocycles. The Bertz CT molecular complexity index is 848. The van der Waals surface area contributed by atoms with Gasteiger partial charge in [-0.05, 0) is 36.8 Å². The number of anilines is 1. The van der Waals surface area contributed by atoms with Gasteiger partial charge in [0.25, 0.3) is 5.91 Å². The number of piperazine rings is 1. The summed E-state index contributed by atoms with van der Waals surface area (Å²) in [5.74, 6) is -0.0320. The van der Waals surface area contributed by atoms with Crippen LogP contribution < -0.4 is 10.1 Å². The molecule has 27 heavy (non-hydrogen) atoms. The smallest absolute Gasteiger partial charge is 0.322 e. The van der Waals surface area contributed by atoms with E-state index in [1.54, 1.807) is 48.1 Å². The van der Waals surface area contributed by atoms with Crippen LogP contribution in [0, 0.1) is 12.7 Å². The lowest BCUT2D eigenvalue weighted by Crippen LogP contribution is -2.51. The Kier molecular flexibility index (Phi) is 5.59. The maximum atomic E-state index is 13.7. The van der Waals surface area contributed by atoms with Gasteiger partial charge < -0.3 is 19.9 Å². The Morgan fingerprint density at radius 1 is 1.04 bits per heavy atom. The fourth-order valence-corrected chi connectivity index (χ4v) is 2.96. The van der Waals surface area contributed by atoms with Crippen LogP contribution in [0.1, 0.15) is 15.9 Å². The van der Waals surface area contributed by atoms with E-state index < -0.39 is 5.82 Å². The van der Waals surface area contributed by atoms with Crippen LogP contribution in [0.3, 0.4) is 0 Å². The third-order valence-electron chi connectivity index (χ3n) is 4.62. The van der Waals surface area contributed by atoms with E-state index in [4.69, 9.17) is 4.74 Å². The molecule has 1 fully saturated rings. The largest absolute Gasteiger partial charge is 0.495 e. The lowest BCUT2D eigenvalue weighted by molar-refractivity contribution is 0.0671. The van der Waals surface area contributed by atoms with Crippen molar-refractivity contribution in [2.75, 3.05) is 38.6 Å².